The highest BCUT2D eigenvalue weighted by atomic mass is 19.4. The first-order chi connectivity index (χ1) is 13.7. The number of ether oxygens (including phenoxy) is 1. The fourth-order valence-electron chi connectivity index (χ4n) is 3.37. The van der Waals surface area contributed by atoms with Crippen molar-refractivity contribution in [2.24, 2.45) is 7.05 Å². The Bertz CT molecular complexity index is 930. The van der Waals surface area contributed by atoms with Gasteiger partial charge in [0.2, 0.25) is 11.7 Å². The molecule has 2 aromatic rings. The average Bonchev–Trinajstić information content (AvgIpc) is 2.98. The second kappa shape index (κ2) is 8.27. The van der Waals surface area contributed by atoms with Gasteiger partial charge in [-0.15, -0.1) is 5.10 Å². The normalized spacial score (nSPS) is 16.0. The maximum absolute atomic E-state index is 12.9. The third kappa shape index (κ3) is 4.78. The van der Waals surface area contributed by atoms with Crippen molar-refractivity contribution < 1.29 is 22.7 Å². The summed E-state index contributed by atoms with van der Waals surface area (Å²) in [6, 6.07) is 6.56. The Hall–Kier alpha value is -2.82. The highest BCUT2D eigenvalue weighted by molar-refractivity contribution is 5.92. The van der Waals surface area contributed by atoms with Gasteiger partial charge in [0.25, 0.3) is 0 Å². The highest BCUT2D eigenvalue weighted by Crippen LogP contribution is 2.28. The van der Waals surface area contributed by atoms with Crippen LogP contribution in [-0.4, -0.2) is 51.9 Å². The monoisotopic (exact) mass is 413 g/mol. The number of likely N-dealkylation sites (tertiary alicyclic amines) is 1. The zero-order chi connectivity index (χ0) is 21.2. The summed E-state index contributed by atoms with van der Waals surface area (Å²) in [4.78, 5) is 26.3. The van der Waals surface area contributed by atoms with Crippen molar-refractivity contribution in [3.63, 3.8) is 0 Å². The number of hydrogen-bond acceptors (Lipinski definition) is 5. The van der Waals surface area contributed by atoms with Crippen molar-refractivity contribution in [3.05, 3.63) is 40.6 Å². The van der Waals surface area contributed by atoms with Gasteiger partial charge < -0.3 is 10.1 Å². The maximum atomic E-state index is 12.9. The summed E-state index contributed by atoms with van der Waals surface area (Å²) in [5.41, 5.74) is -0.171. The number of benzene rings is 1. The molecule has 0 saturated carbocycles. The molecule has 1 aliphatic heterocycles. The Morgan fingerprint density at radius 3 is 2.59 bits per heavy atom. The smallest absolute Gasteiger partial charge is 0.451 e. The van der Waals surface area contributed by atoms with Crippen molar-refractivity contribution in [1.82, 2.24) is 19.2 Å². The lowest BCUT2D eigenvalue weighted by molar-refractivity contribution is -0.147. The Morgan fingerprint density at radius 1 is 1.31 bits per heavy atom. The fourth-order valence-corrected chi connectivity index (χ4v) is 3.37. The molecule has 2 heterocycles. The third-order valence-corrected chi connectivity index (χ3v) is 4.88. The molecule has 11 heteroatoms. The van der Waals surface area contributed by atoms with E-state index in [0.29, 0.717) is 41.9 Å². The zero-order valence-electron chi connectivity index (χ0n) is 16.1. The van der Waals surface area contributed by atoms with Crippen LogP contribution in [0, 0.1) is 0 Å². The first kappa shape index (κ1) is 20.9. The molecule has 1 N–H and O–H groups in total. The van der Waals surface area contributed by atoms with E-state index < -0.39 is 23.7 Å². The number of halogens is 3. The van der Waals surface area contributed by atoms with Crippen LogP contribution >= 0.6 is 0 Å². The molecule has 0 unspecified atom stereocenters. The molecular formula is C18H22F3N5O3. The number of nitrogens with one attached hydrogen (secondary N) is 1. The van der Waals surface area contributed by atoms with Crippen LogP contribution in [0.2, 0.25) is 0 Å². The van der Waals surface area contributed by atoms with E-state index in [0.717, 1.165) is 11.7 Å². The minimum absolute atomic E-state index is 0.148. The Kier molecular flexibility index (Phi) is 5.96. The summed E-state index contributed by atoms with van der Waals surface area (Å²) in [7, 11) is 2.60. The largest absolute Gasteiger partial charge is 0.497 e. The zero-order valence-corrected chi connectivity index (χ0v) is 16.1. The van der Waals surface area contributed by atoms with Crippen LogP contribution in [0.25, 0.3) is 0 Å². The van der Waals surface area contributed by atoms with E-state index in [-0.39, 0.29) is 12.5 Å². The molecule has 3 rings (SSSR count). The minimum atomic E-state index is -4.68. The van der Waals surface area contributed by atoms with E-state index in [9.17, 15) is 22.8 Å². The van der Waals surface area contributed by atoms with Crippen molar-refractivity contribution in [2.75, 3.05) is 32.1 Å². The van der Waals surface area contributed by atoms with Crippen molar-refractivity contribution in [1.29, 1.82) is 0 Å². The first-order valence-electron chi connectivity index (χ1n) is 9.08. The molecule has 0 spiro atoms. The van der Waals surface area contributed by atoms with Gasteiger partial charge in [0.15, 0.2) is 0 Å². The second-order valence-electron chi connectivity index (χ2n) is 6.89. The quantitative estimate of drug-likeness (QED) is 0.810. The second-order valence-corrected chi connectivity index (χ2v) is 6.89. The minimum Gasteiger partial charge on any atom is -0.497 e. The van der Waals surface area contributed by atoms with Gasteiger partial charge in [-0.05, 0) is 25.0 Å². The van der Waals surface area contributed by atoms with Crippen LogP contribution in [0.3, 0.4) is 0 Å². The molecule has 1 aliphatic rings. The number of hydrogen-bond donors (Lipinski definition) is 1. The van der Waals surface area contributed by atoms with Crippen LogP contribution in [0.4, 0.5) is 18.9 Å². The molecule has 1 saturated heterocycles. The Balaban J connectivity index is 1.57. The standard InChI is InChI=1S/C18H22F3N5O3/c1-24-16(18(19,20)21)23-26(17(24)28)13-6-8-25(9-7-13)11-15(27)22-12-4-3-5-14(10-12)29-2/h3-5,10,13H,6-9,11H2,1-2H3,(H,22,27). The molecule has 29 heavy (non-hydrogen) atoms. The van der Waals surface area contributed by atoms with Crippen LogP contribution < -0.4 is 15.7 Å². The molecule has 1 aromatic heterocycles. The van der Waals surface area contributed by atoms with Crippen molar-refractivity contribution in [2.45, 2.75) is 25.1 Å². The van der Waals surface area contributed by atoms with Crippen molar-refractivity contribution >= 4 is 11.6 Å². The number of anilines is 1. The number of carbonyl (C=O) groups excluding carboxylic acids is 1. The van der Waals surface area contributed by atoms with Gasteiger partial charge in [-0.2, -0.15) is 13.2 Å². The van der Waals surface area contributed by atoms with Crippen LogP contribution in [0.1, 0.15) is 24.7 Å². The number of piperidine rings is 1. The number of alkyl halides is 3. The number of amides is 1. The topological polar surface area (TPSA) is 81.4 Å². The molecule has 1 aromatic carbocycles. The molecule has 0 atom stereocenters. The SMILES string of the molecule is COc1cccc(NC(=O)CN2CCC(n3nc(C(F)(F)F)n(C)c3=O)CC2)c1. The summed E-state index contributed by atoms with van der Waals surface area (Å²) in [6.07, 6.45) is -3.82. The number of nitrogens with zero attached hydrogens (tertiary/aromatic N) is 4. The van der Waals surface area contributed by atoms with Crippen LogP contribution in [-0.2, 0) is 18.0 Å². The number of rotatable bonds is 5. The fraction of sp³-hybridized carbons (Fsp3) is 0.500. The lowest BCUT2D eigenvalue weighted by Gasteiger charge is -2.31. The highest BCUT2D eigenvalue weighted by Gasteiger charge is 2.39. The number of methoxy groups -OCH3 is 1. The number of aromatic nitrogens is 3. The van der Waals surface area contributed by atoms with E-state index in [1.54, 1.807) is 24.3 Å². The van der Waals surface area contributed by atoms with Crippen molar-refractivity contribution in [3.8, 4) is 5.75 Å². The third-order valence-electron chi connectivity index (χ3n) is 4.88. The summed E-state index contributed by atoms with van der Waals surface area (Å²) >= 11 is 0. The summed E-state index contributed by atoms with van der Waals surface area (Å²) in [6.45, 7) is 1.09. The molecule has 0 bridgehead atoms. The molecular weight excluding hydrogens is 391 g/mol. The van der Waals surface area contributed by atoms with Gasteiger partial charge in [-0.1, -0.05) is 6.07 Å². The predicted molar refractivity (Wildman–Crippen MR) is 98.8 cm³/mol. The van der Waals surface area contributed by atoms with E-state index in [2.05, 4.69) is 10.4 Å². The summed E-state index contributed by atoms with van der Waals surface area (Å²) < 4.78 is 45.4. The molecule has 8 nitrogen and oxygen atoms in total. The maximum Gasteiger partial charge on any atom is 0.451 e. The van der Waals surface area contributed by atoms with Gasteiger partial charge in [0.1, 0.15) is 5.75 Å². The molecule has 158 valence electrons. The van der Waals surface area contributed by atoms with Crippen LogP contribution in [0.5, 0.6) is 5.75 Å². The van der Waals surface area contributed by atoms with E-state index in [1.165, 1.54) is 7.11 Å². The number of carbonyl (C=O) groups is 1. The molecule has 0 aliphatic carbocycles. The van der Waals surface area contributed by atoms with Gasteiger partial charge in [-0.3, -0.25) is 14.3 Å². The molecule has 1 amide bonds. The predicted octanol–water partition coefficient (Wildman–Crippen LogP) is 1.88. The Morgan fingerprint density at radius 2 is 2.00 bits per heavy atom. The van der Waals surface area contributed by atoms with E-state index in [4.69, 9.17) is 4.74 Å². The van der Waals surface area contributed by atoms with E-state index in [1.807, 2.05) is 4.90 Å². The Labute approximate surface area is 164 Å². The average molecular weight is 413 g/mol. The first-order valence-corrected chi connectivity index (χ1v) is 9.08. The van der Waals surface area contributed by atoms with Gasteiger partial charge >= 0.3 is 11.9 Å². The van der Waals surface area contributed by atoms with E-state index >= 15 is 0 Å². The summed E-state index contributed by atoms with van der Waals surface area (Å²) in [5, 5.41) is 6.28. The molecule has 0 radical (unpaired) electrons. The van der Waals surface area contributed by atoms with Gasteiger partial charge in [-0.25, -0.2) is 9.48 Å². The van der Waals surface area contributed by atoms with Gasteiger partial charge in [0.05, 0.1) is 19.7 Å². The lowest BCUT2D eigenvalue weighted by Crippen LogP contribution is -2.41. The lowest BCUT2D eigenvalue weighted by atomic mass is 10.1. The van der Waals surface area contributed by atoms with Gasteiger partial charge in [0, 0.05) is 31.9 Å². The summed E-state index contributed by atoms with van der Waals surface area (Å²) in [5.74, 6) is -0.781. The molecule has 1 fully saturated rings. The van der Waals surface area contributed by atoms with Crippen LogP contribution in [0.15, 0.2) is 29.1 Å².